The Kier molecular flexibility index (Phi) is 6.66. The zero-order valence-electron chi connectivity index (χ0n) is 14.0. The van der Waals surface area contributed by atoms with Gasteiger partial charge in [0.1, 0.15) is 0 Å². The van der Waals surface area contributed by atoms with Crippen LogP contribution in [0.2, 0.25) is 5.02 Å². The van der Waals surface area contributed by atoms with Crippen LogP contribution in [0.5, 0.6) is 0 Å². The minimum absolute atomic E-state index is 0.0242. The highest BCUT2D eigenvalue weighted by Gasteiger charge is 2.33. The van der Waals surface area contributed by atoms with E-state index >= 15 is 0 Å². The second-order valence-electron chi connectivity index (χ2n) is 6.38. The maximum absolute atomic E-state index is 6.48. The van der Waals surface area contributed by atoms with Crippen molar-refractivity contribution < 1.29 is 4.74 Å². The van der Waals surface area contributed by atoms with Crippen LogP contribution >= 0.6 is 11.6 Å². The third-order valence-corrected chi connectivity index (χ3v) is 4.23. The standard InChI is InChI=1S/C15H29ClN4O/c1-7-10-13(16)12(20(8-2)19-10)9-11(18-17)14(21-6)15(3,4)5/h11,14,18H,7-9,17H2,1-6H3. The van der Waals surface area contributed by atoms with Gasteiger partial charge in [-0.1, -0.05) is 39.3 Å². The Hall–Kier alpha value is -0.620. The summed E-state index contributed by atoms with van der Waals surface area (Å²) in [4.78, 5) is 0. The molecule has 2 unspecified atom stereocenters. The molecule has 1 heterocycles. The van der Waals surface area contributed by atoms with E-state index in [9.17, 15) is 0 Å². The number of hydrazine groups is 1. The zero-order valence-corrected chi connectivity index (χ0v) is 14.8. The Labute approximate surface area is 133 Å². The highest BCUT2D eigenvalue weighted by atomic mass is 35.5. The Balaban J connectivity index is 3.09. The van der Waals surface area contributed by atoms with Gasteiger partial charge in [-0.15, -0.1) is 0 Å². The first-order valence-corrected chi connectivity index (χ1v) is 7.90. The second-order valence-corrected chi connectivity index (χ2v) is 6.75. The van der Waals surface area contributed by atoms with E-state index in [-0.39, 0.29) is 17.6 Å². The van der Waals surface area contributed by atoms with Crippen LogP contribution in [-0.2, 0) is 24.1 Å². The van der Waals surface area contributed by atoms with Gasteiger partial charge < -0.3 is 4.74 Å². The van der Waals surface area contributed by atoms with Gasteiger partial charge in [-0.25, -0.2) is 0 Å². The number of hydrogen-bond donors (Lipinski definition) is 2. The average Bonchev–Trinajstić information content (AvgIpc) is 2.73. The molecule has 6 heteroatoms. The van der Waals surface area contributed by atoms with Crippen LogP contribution in [0.1, 0.15) is 46.0 Å². The lowest BCUT2D eigenvalue weighted by Gasteiger charge is -2.35. The van der Waals surface area contributed by atoms with Crippen molar-refractivity contribution in [2.45, 2.75) is 66.2 Å². The largest absolute Gasteiger partial charge is 0.379 e. The SMILES string of the molecule is CCc1nn(CC)c(CC(NN)C(OC)C(C)(C)C)c1Cl. The number of halogens is 1. The van der Waals surface area contributed by atoms with Crippen molar-refractivity contribution in [3.05, 3.63) is 16.4 Å². The van der Waals surface area contributed by atoms with Crippen molar-refractivity contribution in [3.8, 4) is 0 Å². The normalized spacial score (nSPS) is 15.2. The fourth-order valence-corrected chi connectivity index (χ4v) is 3.14. The van der Waals surface area contributed by atoms with Gasteiger partial charge in [0, 0.05) is 20.1 Å². The molecule has 0 bridgehead atoms. The molecule has 3 N–H and O–H groups in total. The number of nitrogens with zero attached hydrogens (tertiary/aromatic N) is 2. The molecule has 0 aliphatic carbocycles. The molecule has 0 saturated carbocycles. The molecule has 122 valence electrons. The maximum atomic E-state index is 6.48. The minimum atomic E-state index is -0.0285. The molecule has 21 heavy (non-hydrogen) atoms. The number of methoxy groups -OCH3 is 1. The molecular weight excluding hydrogens is 288 g/mol. The summed E-state index contributed by atoms with van der Waals surface area (Å²) in [5.74, 6) is 5.77. The second kappa shape index (κ2) is 7.58. The summed E-state index contributed by atoms with van der Waals surface area (Å²) in [7, 11) is 1.72. The summed E-state index contributed by atoms with van der Waals surface area (Å²) >= 11 is 6.48. The lowest BCUT2D eigenvalue weighted by Crippen LogP contribution is -2.51. The lowest BCUT2D eigenvalue weighted by molar-refractivity contribution is -0.0114. The van der Waals surface area contributed by atoms with Gasteiger partial charge in [-0.05, 0) is 18.8 Å². The fraction of sp³-hybridized carbons (Fsp3) is 0.800. The van der Waals surface area contributed by atoms with Gasteiger partial charge in [0.15, 0.2) is 0 Å². The number of aromatic nitrogens is 2. The third kappa shape index (κ3) is 4.19. The highest BCUT2D eigenvalue weighted by Crippen LogP contribution is 2.29. The van der Waals surface area contributed by atoms with Gasteiger partial charge in [0.25, 0.3) is 0 Å². The molecule has 1 aromatic heterocycles. The summed E-state index contributed by atoms with van der Waals surface area (Å²) in [6, 6.07) is -0.0285. The number of hydrogen-bond acceptors (Lipinski definition) is 4. The van der Waals surface area contributed by atoms with Crippen molar-refractivity contribution in [1.82, 2.24) is 15.2 Å². The van der Waals surface area contributed by atoms with Gasteiger partial charge in [0.2, 0.25) is 0 Å². The predicted octanol–water partition coefficient (Wildman–Crippen LogP) is 2.55. The lowest BCUT2D eigenvalue weighted by atomic mass is 9.83. The zero-order chi connectivity index (χ0) is 16.2. The van der Waals surface area contributed by atoms with E-state index in [1.807, 2.05) is 4.68 Å². The van der Waals surface area contributed by atoms with Crippen LogP contribution in [0.25, 0.3) is 0 Å². The van der Waals surface area contributed by atoms with Gasteiger partial charge >= 0.3 is 0 Å². The first-order valence-electron chi connectivity index (χ1n) is 7.53. The third-order valence-electron chi connectivity index (χ3n) is 3.79. The van der Waals surface area contributed by atoms with E-state index in [4.69, 9.17) is 22.2 Å². The molecule has 0 radical (unpaired) electrons. The molecule has 0 saturated heterocycles. The fourth-order valence-electron chi connectivity index (χ4n) is 2.80. The van der Waals surface area contributed by atoms with E-state index in [1.54, 1.807) is 7.11 Å². The Bertz CT molecular complexity index is 453. The molecular formula is C15H29ClN4O. The summed E-state index contributed by atoms with van der Waals surface area (Å²) in [5.41, 5.74) is 4.82. The summed E-state index contributed by atoms with van der Waals surface area (Å²) in [6.45, 7) is 11.3. The van der Waals surface area contributed by atoms with E-state index in [2.05, 4.69) is 45.1 Å². The maximum Gasteiger partial charge on any atom is 0.0850 e. The molecule has 1 aromatic rings. The van der Waals surface area contributed by atoms with E-state index in [0.29, 0.717) is 6.42 Å². The number of ether oxygens (including phenoxy) is 1. The first kappa shape index (κ1) is 18.4. The topological polar surface area (TPSA) is 65.1 Å². The number of rotatable bonds is 7. The van der Waals surface area contributed by atoms with Crippen LogP contribution in [0.3, 0.4) is 0 Å². The average molecular weight is 317 g/mol. The monoisotopic (exact) mass is 316 g/mol. The quantitative estimate of drug-likeness (QED) is 0.599. The first-order chi connectivity index (χ1) is 9.79. The van der Waals surface area contributed by atoms with Crippen LogP contribution in [0.4, 0.5) is 0 Å². The van der Waals surface area contributed by atoms with Gasteiger partial charge in [0.05, 0.1) is 28.6 Å². The smallest absolute Gasteiger partial charge is 0.0850 e. The Morgan fingerprint density at radius 2 is 2.00 bits per heavy atom. The Morgan fingerprint density at radius 1 is 1.38 bits per heavy atom. The minimum Gasteiger partial charge on any atom is -0.379 e. The van der Waals surface area contributed by atoms with Crippen LogP contribution < -0.4 is 11.3 Å². The Morgan fingerprint density at radius 3 is 2.38 bits per heavy atom. The van der Waals surface area contributed by atoms with Crippen molar-refractivity contribution in [1.29, 1.82) is 0 Å². The van der Waals surface area contributed by atoms with E-state index < -0.39 is 0 Å². The van der Waals surface area contributed by atoms with Crippen LogP contribution in [0, 0.1) is 5.41 Å². The molecule has 5 nitrogen and oxygen atoms in total. The summed E-state index contributed by atoms with van der Waals surface area (Å²) in [6.07, 6.45) is 1.49. The van der Waals surface area contributed by atoms with Crippen LogP contribution in [-0.4, -0.2) is 29.0 Å². The molecule has 0 amide bonds. The van der Waals surface area contributed by atoms with Gasteiger partial charge in [-0.2, -0.15) is 5.10 Å². The summed E-state index contributed by atoms with van der Waals surface area (Å²) in [5, 5.41) is 5.31. The number of nitrogens with one attached hydrogen (secondary N) is 1. The molecule has 0 aromatic carbocycles. The van der Waals surface area contributed by atoms with Crippen LogP contribution in [0.15, 0.2) is 0 Å². The van der Waals surface area contributed by atoms with Crippen molar-refractivity contribution in [2.75, 3.05) is 7.11 Å². The molecule has 0 aliphatic rings. The molecule has 2 atom stereocenters. The van der Waals surface area contributed by atoms with Crippen molar-refractivity contribution in [2.24, 2.45) is 11.3 Å². The molecule has 0 spiro atoms. The number of aryl methyl sites for hydroxylation is 2. The molecule has 1 rings (SSSR count). The van der Waals surface area contributed by atoms with E-state index in [0.717, 1.165) is 29.4 Å². The van der Waals surface area contributed by atoms with Crippen molar-refractivity contribution >= 4 is 11.6 Å². The molecule has 0 fully saturated rings. The van der Waals surface area contributed by atoms with Gasteiger partial charge in [-0.3, -0.25) is 16.0 Å². The number of nitrogens with two attached hydrogens (primary N) is 1. The summed E-state index contributed by atoms with van der Waals surface area (Å²) < 4.78 is 7.63. The molecule has 0 aliphatic heterocycles. The predicted molar refractivity (Wildman–Crippen MR) is 87.4 cm³/mol. The van der Waals surface area contributed by atoms with E-state index in [1.165, 1.54) is 0 Å². The highest BCUT2D eigenvalue weighted by molar-refractivity contribution is 6.31. The van der Waals surface area contributed by atoms with Crippen molar-refractivity contribution in [3.63, 3.8) is 0 Å².